The molecule has 3 aliphatic rings. The Morgan fingerprint density at radius 2 is 2.00 bits per heavy atom. The molecule has 3 nitrogen and oxygen atoms in total. The normalized spacial score (nSPS) is 43.8. The lowest BCUT2D eigenvalue weighted by Crippen LogP contribution is -1.97. The number of rotatable bonds is 3. The molecule has 1 heterocycles. The summed E-state index contributed by atoms with van der Waals surface area (Å²) in [6, 6.07) is 0. The van der Waals surface area contributed by atoms with Crippen molar-refractivity contribution in [3.05, 3.63) is 11.8 Å². The zero-order chi connectivity index (χ0) is 11.6. The van der Waals surface area contributed by atoms with E-state index in [1.807, 2.05) is 0 Å². The van der Waals surface area contributed by atoms with Gasteiger partial charge in [0.15, 0.2) is 0 Å². The van der Waals surface area contributed by atoms with Crippen molar-refractivity contribution in [2.24, 2.45) is 23.7 Å². The molecule has 0 N–H and O–H groups in total. The van der Waals surface area contributed by atoms with Crippen LogP contribution in [0.1, 0.15) is 55.1 Å². The van der Waals surface area contributed by atoms with Gasteiger partial charge < -0.3 is 4.42 Å². The second kappa shape index (κ2) is 3.56. The average molecular weight is 297 g/mol. The van der Waals surface area contributed by atoms with Gasteiger partial charge in [0.25, 0.3) is 0 Å². The molecule has 3 saturated carbocycles. The quantitative estimate of drug-likeness (QED) is 0.799. The molecule has 0 amide bonds. The molecule has 0 saturated heterocycles. The monoisotopic (exact) mass is 296 g/mol. The van der Waals surface area contributed by atoms with Gasteiger partial charge in [0.2, 0.25) is 11.8 Å². The molecule has 1 aromatic rings. The molecule has 0 radical (unpaired) electrons. The smallest absolute Gasteiger partial charge is 0.230 e. The average Bonchev–Trinajstić information content (AvgIpc) is 2.81. The van der Waals surface area contributed by atoms with Gasteiger partial charge in [0.05, 0.1) is 4.83 Å². The Bertz CT molecular complexity index is 430. The van der Waals surface area contributed by atoms with Crippen molar-refractivity contribution in [1.82, 2.24) is 10.2 Å². The lowest BCUT2D eigenvalue weighted by Gasteiger charge is -2.04. The molecule has 4 rings (SSSR count). The third kappa shape index (κ3) is 1.39. The molecule has 5 atom stereocenters. The van der Waals surface area contributed by atoms with E-state index in [-0.39, 0.29) is 4.83 Å². The van der Waals surface area contributed by atoms with Gasteiger partial charge in [0.1, 0.15) is 0 Å². The summed E-state index contributed by atoms with van der Waals surface area (Å²) in [5.74, 6) is 6.01. The number of hydrogen-bond acceptors (Lipinski definition) is 3. The number of hydrogen-bond donors (Lipinski definition) is 0. The minimum atomic E-state index is 0.221. The maximum Gasteiger partial charge on any atom is 0.230 e. The van der Waals surface area contributed by atoms with Gasteiger partial charge in [-0.15, -0.1) is 10.2 Å². The van der Waals surface area contributed by atoms with E-state index in [4.69, 9.17) is 4.42 Å². The van der Waals surface area contributed by atoms with Crippen molar-refractivity contribution >= 4 is 15.9 Å². The van der Waals surface area contributed by atoms with Gasteiger partial charge in [-0.25, -0.2) is 0 Å². The molecular formula is C13H17BrN2O. The summed E-state index contributed by atoms with van der Waals surface area (Å²) in [4.78, 5) is 0.221. The van der Waals surface area contributed by atoms with Gasteiger partial charge in [-0.1, -0.05) is 22.9 Å². The molecule has 0 spiro atoms. The summed E-state index contributed by atoms with van der Waals surface area (Å²) >= 11 is 3.57. The number of fused-ring (bicyclic) bond motifs is 5. The topological polar surface area (TPSA) is 38.9 Å². The van der Waals surface area contributed by atoms with Crippen LogP contribution in [0.5, 0.6) is 0 Å². The van der Waals surface area contributed by atoms with E-state index >= 15 is 0 Å². The van der Waals surface area contributed by atoms with Crippen LogP contribution in [0.2, 0.25) is 0 Å². The first-order valence-corrected chi connectivity index (χ1v) is 7.68. The van der Waals surface area contributed by atoms with Crippen molar-refractivity contribution in [3.8, 4) is 0 Å². The summed E-state index contributed by atoms with van der Waals surface area (Å²) < 4.78 is 5.85. The predicted molar refractivity (Wildman–Crippen MR) is 66.8 cm³/mol. The zero-order valence-corrected chi connectivity index (χ0v) is 11.6. The summed E-state index contributed by atoms with van der Waals surface area (Å²) in [7, 11) is 0. The van der Waals surface area contributed by atoms with Crippen LogP contribution >= 0.6 is 15.9 Å². The molecule has 5 unspecified atom stereocenters. The van der Waals surface area contributed by atoms with E-state index < -0.39 is 0 Å². The Morgan fingerprint density at radius 1 is 1.29 bits per heavy atom. The Balaban J connectivity index is 1.56. The highest BCUT2D eigenvalue weighted by Crippen LogP contribution is 2.72. The van der Waals surface area contributed by atoms with E-state index in [9.17, 15) is 0 Å². The van der Waals surface area contributed by atoms with E-state index in [1.54, 1.807) is 0 Å². The molecule has 1 aromatic heterocycles. The van der Waals surface area contributed by atoms with Crippen LogP contribution in [0, 0.1) is 23.7 Å². The molecule has 4 heteroatoms. The van der Waals surface area contributed by atoms with E-state index in [1.165, 1.54) is 19.3 Å². The van der Waals surface area contributed by atoms with Crippen LogP contribution in [-0.2, 0) is 0 Å². The standard InChI is InChI=1S/C13H17BrN2O/c1-2-8(14)12-15-16-13(17-12)11-9-6-3-4-7(5-6)10(9)11/h6-11H,2-5H2,1H3. The lowest BCUT2D eigenvalue weighted by molar-refractivity contribution is 0.408. The van der Waals surface area contributed by atoms with Crippen LogP contribution in [0.3, 0.4) is 0 Å². The molecule has 92 valence electrons. The Kier molecular flexibility index (Phi) is 2.21. The first-order chi connectivity index (χ1) is 8.29. The molecule has 2 bridgehead atoms. The number of halogens is 1. The van der Waals surface area contributed by atoms with Crippen LogP contribution in [-0.4, -0.2) is 10.2 Å². The molecule has 0 aromatic carbocycles. The van der Waals surface area contributed by atoms with Crippen molar-refractivity contribution in [2.75, 3.05) is 0 Å². The van der Waals surface area contributed by atoms with Crippen LogP contribution in [0.4, 0.5) is 0 Å². The van der Waals surface area contributed by atoms with Crippen molar-refractivity contribution < 1.29 is 4.42 Å². The first kappa shape index (κ1) is 10.5. The van der Waals surface area contributed by atoms with Crippen molar-refractivity contribution in [1.29, 1.82) is 0 Å². The predicted octanol–water partition coefficient (Wildman–Crippen LogP) is 3.68. The third-order valence-corrected chi connectivity index (χ3v) is 6.14. The second-order valence-electron chi connectivity index (χ2n) is 5.87. The highest BCUT2D eigenvalue weighted by Gasteiger charge is 2.67. The van der Waals surface area contributed by atoms with Crippen LogP contribution < -0.4 is 0 Å². The van der Waals surface area contributed by atoms with Gasteiger partial charge >= 0.3 is 0 Å². The lowest BCUT2D eigenvalue weighted by atomic mass is 10.0. The molecule has 0 aliphatic heterocycles. The van der Waals surface area contributed by atoms with Gasteiger partial charge in [-0.2, -0.15) is 0 Å². The van der Waals surface area contributed by atoms with Crippen molar-refractivity contribution in [2.45, 2.75) is 43.4 Å². The fourth-order valence-corrected chi connectivity index (χ4v) is 4.52. The highest BCUT2D eigenvalue weighted by molar-refractivity contribution is 9.09. The molecule has 17 heavy (non-hydrogen) atoms. The minimum absolute atomic E-state index is 0.221. The fraction of sp³-hybridized carbons (Fsp3) is 0.846. The maximum absolute atomic E-state index is 5.85. The number of nitrogens with zero attached hydrogens (tertiary/aromatic N) is 2. The second-order valence-corrected chi connectivity index (χ2v) is 6.97. The Morgan fingerprint density at radius 3 is 2.65 bits per heavy atom. The third-order valence-electron chi connectivity index (χ3n) is 5.10. The number of aromatic nitrogens is 2. The fourth-order valence-electron chi connectivity index (χ4n) is 4.34. The molecule has 3 aliphatic carbocycles. The first-order valence-electron chi connectivity index (χ1n) is 6.77. The Labute approximate surface area is 109 Å². The minimum Gasteiger partial charge on any atom is -0.424 e. The molecule has 3 fully saturated rings. The van der Waals surface area contributed by atoms with Gasteiger partial charge in [-0.05, 0) is 49.4 Å². The van der Waals surface area contributed by atoms with Crippen LogP contribution in [0.25, 0.3) is 0 Å². The zero-order valence-electron chi connectivity index (χ0n) is 9.97. The molecular weight excluding hydrogens is 280 g/mol. The van der Waals surface area contributed by atoms with Crippen LogP contribution in [0.15, 0.2) is 4.42 Å². The summed E-state index contributed by atoms with van der Waals surface area (Å²) in [6.07, 6.45) is 5.35. The summed E-state index contributed by atoms with van der Waals surface area (Å²) in [5.41, 5.74) is 0. The summed E-state index contributed by atoms with van der Waals surface area (Å²) in [5, 5.41) is 8.46. The SMILES string of the molecule is CCC(Br)c1nnc(C2C3C4CCC(C4)C23)o1. The summed E-state index contributed by atoms with van der Waals surface area (Å²) in [6.45, 7) is 2.12. The largest absolute Gasteiger partial charge is 0.424 e. The van der Waals surface area contributed by atoms with E-state index in [0.717, 1.165) is 41.9 Å². The van der Waals surface area contributed by atoms with E-state index in [0.29, 0.717) is 5.92 Å². The maximum atomic E-state index is 5.85. The van der Waals surface area contributed by atoms with Crippen molar-refractivity contribution in [3.63, 3.8) is 0 Å². The van der Waals surface area contributed by atoms with Gasteiger partial charge in [-0.3, -0.25) is 0 Å². The Hall–Kier alpha value is -0.380. The highest BCUT2D eigenvalue weighted by atomic mass is 79.9. The van der Waals surface area contributed by atoms with Gasteiger partial charge in [0, 0.05) is 5.92 Å². The number of alkyl halides is 1. The van der Waals surface area contributed by atoms with E-state index in [2.05, 4.69) is 33.1 Å².